The maximum atomic E-state index is 11.0. The molecular weight excluding hydrogens is 268 g/mol. The topological polar surface area (TPSA) is 64.5 Å². The number of benzene rings is 1. The molecule has 1 aromatic heterocycles. The molecule has 0 aliphatic heterocycles. The molecule has 112 valence electrons. The van der Waals surface area contributed by atoms with Crippen molar-refractivity contribution < 1.29 is 14.6 Å². The summed E-state index contributed by atoms with van der Waals surface area (Å²) in [6.07, 6.45) is 1.47. The second-order valence-electron chi connectivity index (χ2n) is 5.22. The summed E-state index contributed by atoms with van der Waals surface area (Å²) in [7, 11) is 3.00. The molecule has 1 atom stereocenters. The summed E-state index contributed by atoms with van der Waals surface area (Å²) in [5.74, 6) is 0.588. The molecule has 2 rings (SSSR count). The van der Waals surface area contributed by atoms with Gasteiger partial charge in [0, 0.05) is 0 Å². The first-order valence-corrected chi connectivity index (χ1v) is 6.65. The van der Waals surface area contributed by atoms with Gasteiger partial charge in [-0.3, -0.25) is 0 Å². The molecule has 5 heteroatoms. The molecular formula is C16H20N2O3. The number of aryl methyl sites for hydroxylation is 2. The number of nitrogens with zero attached hydrogens (tertiary/aromatic N) is 2. The number of rotatable bonds is 4. The fourth-order valence-electron chi connectivity index (χ4n) is 2.32. The van der Waals surface area contributed by atoms with Crippen molar-refractivity contribution in [3.63, 3.8) is 0 Å². The molecule has 1 heterocycles. The van der Waals surface area contributed by atoms with Crippen LogP contribution >= 0.6 is 0 Å². The van der Waals surface area contributed by atoms with Gasteiger partial charge in [-0.1, -0.05) is 29.3 Å². The maximum absolute atomic E-state index is 11.0. The lowest BCUT2D eigenvalue weighted by molar-refractivity contribution is 0.0925. The zero-order chi connectivity index (χ0) is 15.6. The van der Waals surface area contributed by atoms with E-state index in [2.05, 4.69) is 16.0 Å². The molecule has 0 fully saturated rings. The Balaban J connectivity index is 2.57. The summed E-state index contributed by atoms with van der Waals surface area (Å²) in [4.78, 5) is 8.44. The lowest BCUT2D eigenvalue weighted by Gasteiger charge is -2.25. The molecule has 21 heavy (non-hydrogen) atoms. The molecule has 0 spiro atoms. The van der Waals surface area contributed by atoms with Gasteiger partial charge in [-0.15, -0.1) is 0 Å². The first-order valence-electron chi connectivity index (χ1n) is 6.65. The lowest BCUT2D eigenvalue weighted by atomic mass is 9.90. The SMILES string of the molecule is COc1cnc(C(C)(O)c2cc(C)cc(C)c2)c(OC)n1. The van der Waals surface area contributed by atoms with Crippen LogP contribution in [0.5, 0.6) is 11.8 Å². The summed E-state index contributed by atoms with van der Waals surface area (Å²) in [6.45, 7) is 5.66. The predicted octanol–water partition coefficient (Wildman–Crippen LogP) is 2.37. The molecule has 2 aromatic rings. The van der Waals surface area contributed by atoms with Crippen LogP contribution in [0, 0.1) is 13.8 Å². The highest BCUT2D eigenvalue weighted by Gasteiger charge is 2.32. The summed E-state index contributed by atoms with van der Waals surface area (Å²) in [5.41, 5.74) is 1.95. The van der Waals surface area contributed by atoms with Crippen LogP contribution in [0.2, 0.25) is 0 Å². The van der Waals surface area contributed by atoms with Crippen molar-refractivity contribution in [3.05, 3.63) is 46.8 Å². The molecule has 1 unspecified atom stereocenters. The number of ether oxygens (including phenoxy) is 2. The van der Waals surface area contributed by atoms with Gasteiger partial charge in [0.25, 0.3) is 0 Å². The Kier molecular flexibility index (Phi) is 4.14. The minimum Gasteiger partial charge on any atom is -0.480 e. The van der Waals surface area contributed by atoms with Crippen LogP contribution in [-0.2, 0) is 5.60 Å². The highest BCUT2D eigenvalue weighted by atomic mass is 16.5. The maximum Gasteiger partial charge on any atom is 0.242 e. The van der Waals surface area contributed by atoms with E-state index in [1.54, 1.807) is 6.92 Å². The highest BCUT2D eigenvalue weighted by Crippen LogP contribution is 2.34. The van der Waals surface area contributed by atoms with E-state index < -0.39 is 5.60 Å². The first-order chi connectivity index (χ1) is 9.88. The van der Waals surface area contributed by atoms with E-state index in [9.17, 15) is 5.11 Å². The lowest BCUT2D eigenvalue weighted by Crippen LogP contribution is -2.26. The van der Waals surface area contributed by atoms with E-state index in [4.69, 9.17) is 9.47 Å². The molecule has 0 radical (unpaired) electrons. The normalized spacial score (nSPS) is 13.6. The van der Waals surface area contributed by atoms with Crippen LogP contribution in [0.25, 0.3) is 0 Å². The molecule has 0 aliphatic carbocycles. The number of aromatic nitrogens is 2. The number of hydrogen-bond donors (Lipinski definition) is 1. The molecule has 1 N–H and O–H groups in total. The summed E-state index contributed by atoms with van der Waals surface area (Å²) in [5, 5.41) is 11.0. The van der Waals surface area contributed by atoms with Crippen molar-refractivity contribution in [1.82, 2.24) is 9.97 Å². The van der Waals surface area contributed by atoms with Crippen LogP contribution in [0.4, 0.5) is 0 Å². The van der Waals surface area contributed by atoms with E-state index in [1.807, 2.05) is 26.0 Å². The molecule has 1 aromatic carbocycles. The average Bonchev–Trinajstić information content (AvgIpc) is 2.45. The minimum atomic E-state index is -1.30. The van der Waals surface area contributed by atoms with Gasteiger partial charge in [0.1, 0.15) is 11.3 Å². The summed E-state index contributed by atoms with van der Waals surface area (Å²) in [6, 6.07) is 5.91. The van der Waals surface area contributed by atoms with Crippen molar-refractivity contribution in [3.8, 4) is 11.8 Å². The summed E-state index contributed by atoms with van der Waals surface area (Å²) < 4.78 is 10.3. The van der Waals surface area contributed by atoms with Gasteiger partial charge in [-0.25, -0.2) is 4.98 Å². The highest BCUT2D eigenvalue weighted by molar-refractivity contribution is 5.40. The van der Waals surface area contributed by atoms with E-state index in [-0.39, 0.29) is 5.88 Å². The van der Waals surface area contributed by atoms with Crippen molar-refractivity contribution >= 4 is 0 Å². The van der Waals surface area contributed by atoms with Crippen LogP contribution in [0.1, 0.15) is 29.3 Å². The van der Waals surface area contributed by atoms with E-state index in [1.165, 1.54) is 20.4 Å². The molecule has 0 saturated heterocycles. The Hall–Kier alpha value is -2.14. The van der Waals surface area contributed by atoms with Crippen LogP contribution in [-0.4, -0.2) is 29.3 Å². The van der Waals surface area contributed by atoms with E-state index in [0.717, 1.165) is 16.7 Å². The second-order valence-corrected chi connectivity index (χ2v) is 5.22. The first kappa shape index (κ1) is 15.3. The number of aliphatic hydroxyl groups is 1. The summed E-state index contributed by atoms with van der Waals surface area (Å²) >= 11 is 0. The van der Waals surface area contributed by atoms with Crippen molar-refractivity contribution in [2.75, 3.05) is 14.2 Å². The van der Waals surface area contributed by atoms with E-state index in [0.29, 0.717) is 11.6 Å². The smallest absolute Gasteiger partial charge is 0.242 e. The fraction of sp³-hybridized carbons (Fsp3) is 0.375. The Bertz CT molecular complexity index is 634. The number of methoxy groups -OCH3 is 2. The number of hydrogen-bond acceptors (Lipinski definition) is 5. The zero-order valence-corrected chi connectivity index (χ0v) is 13.0. The quantitative estimate of drug-likeness (QED) is 0.935. The molecule has 5 nitrogen and oxygen atoms in total. The zero-order valence-electron chi connectivity index (χ0n) is 13.0. The Morgan fingerprint density at radius 1 is 1.05 bits per heavy atom. The third-order valence-corrected chi connectivity index (χ3v) is 3.37. The predicted molar refractivity (Wildman–Crippen MR) is 79.7 cm³/mol. The van der Waals surface area contributed by atoms with Gasteiger partial charge < -0.3 is 14.6 Å². The fourth-order valence-corrected chi connectivity index (χ4v) is 2.32. The monoisotopic (exact) mass is 288 g/mol. The third-order valence-electron chi connectivity index (χ3n) is 3.37. The van der Waals surface area contributed by atoms with E-state index >= 15 is 0 Å². The Morgan fingerprint density at radius 3 is 2.19 bits per heavy atom. The second kappa shape index (κ2) is 5.69. The van der Waals surface area contributed by atoms with Gasteiger partial charge >= 0.3 is 0 Å². The third kappa shape index (κ3) is 2.97. The van der Waals surface area contributed by atoms with Crippen LogP contribution < -0.4 is 9.47 Å². The minimum absolute atomic E-state index is 0.249. The van der Waals surface area contributed by atoms with Crippen molar-refractivity contribution in [1.29, 1.82) is 0 Å². The Morgan fingerprint density at radius 2 is 1.67 bits per heavy atom. The Labute approximate surface area is 124 Å². The van der Waals surface area contributed by atoms with Crippen molar-refractivity contribution in [2.24, 2.45) is 0 Å². The van der Waals surface area contributed by atoms with Gasteiger partial charge in [0.2, 0.25) is 11.8 Å². The molecule has 0 aliphatic rings. The standard InChI is InChI=1S/C16H20N2O3/c1-10-6-11(2)8-12(7-10)16(3,19)14-15(21-5)18-13(20-4)9-17-14/h6-9,19H,1-5H3. The van der Waals surface area contributed by atoms with Gasteiger partial charge in [-0.05, 0) is 26.3 Å². The van der Waals surface area contributed by atoms with Crippen LogP contribution in [0.3, 0.4) is 0 Å². The average molecular weight is 288 g/mol. The van der Waals surface area contributed by atoms with Gasteiger partial charge in [-0.2, -0.15) is 4.98 Å². The van der Waals surface area contributed by atoms with Gasteiger partial charge in [0.05, 0.1) is 20.4 Å². The largest absolute Gasteiger partial charge is 0.480 e. The molecule has 0 amide bonds. The van der Waals surface area contributed by atoms with Gasteiger partial charge in [0.15, 0.2) is 0 Å². The van der Waals surface area contributed by atoms with Crippen molar-refractivity contribution in [2.45, 2.75) is 26.4 Å². The van der Waals surface area contributed by atoms with Crippen LogP contribution in [0.15, 0.2) is 24.4 Å². The molecule has 0 bridgehead atoms. The molecule has 0 saturated carbocycles.